The third-order valence-corrected chi connectivity index (χ3v) is 5.85. The maximum Gasteiger partial charge on any atom is 0.252 e. The lowest BCUT2D eigenvalue weighted by Crippen LogP contribution is -2.33. The van der Waals surface area contributed by atoms with E-state index in [1.807, 2.05) is 36.4 Å². The number of hydrogen-bond donors (Lipinski definition) is 1. The summed E-state index contributed by atoms with van der Waals surface area (Å²) in [5, 5.41) is 4.07. The number of nitrogens with one attached hydrogen (secondary N) is 1. The number of aromatic nitrogens is 1. The maximum absolute atomic E-state index is 13.2. The Labute approximate surface area is 184 Å². The number of para-hydroxylation sites is 1. The van der Waals surface area contributed by atoms with Gasteiger partial charge in [0.2, 0.25) is 0 Å². The van der Waals surface area contributed by atoms with Gasteiger partial charge in [-0.3, -0.25) is 4.79 Å². The van der Waals surface area contributed by atoms with Gasteiger partial charge in [-0.25, -0.2) is 4.98 Å². The van der Waals surface area contributed by atoms with E-state index in [1.165, 1.54) is 16.7 Å². The monoisotopic (exact) mass is 408 g/mol. The van der Waals surface area contributed by atoms with Gasteiger partial charge >= 0.3 is 0 Å². The summed E-state index contributed by atoms with van der Waals surface area (Å²) in [5.41, 5.74) is 7.10. The zero-order valence-corrected chi connectivity index (χ0v) is 18.4. The molecule has 0 unspecified atom stereocenters. The molecule has 0 radical (unpaired) electrons. The zero-order chi connectivity index (χ0) is 21.8. The molecule has 0 aliphatic carbocycles. The van der Waals surface area contributed by atoms with Crippen molar-refractivity contribution in [1.82, 2.24) is 10.3 Å². The number of aryl methyl sites for hydroxylation is 3. The van der Waals surface area contributed by atoms with Gasteiger partial charge in [-0.15, -0.1) is 0 Å². The summed E-state index contributed by atoms with van der Waals surface area (Å²) >= 11 is 0. The van der Waals surface area contributed by atoms with E-state index in [9.17, 15) is 4.79 Å². The van der Waals surface area contributed by atoms with Crippen molar-refractivity contribution in [2.75, 3.05) is 0 Å². The first-order valence-corrected chi connectivity index (χ1v) is 10.8. The molecule has 0 bridgehead atoms. The first-order chi connectivity index (χ1) is 15.0. The summed E-state index contributed by atoms with van der Waals surface area (Å²) in [6, 6.07) is 26.5. The molecule has 1 atom stereocenters. The van der Waals surface area contributed by atoms with Gasteiger partial charge in [-0.1, -0.05) is 60.7 Å². The quantitative estimate of drug-likeness (QED) is 0.408. The Hall–Kier alpha value is -3.46. The second-order valence-electron chi connectivity index (χ2n) is 8.27. The largest absolute Gasteiger partial charge is 0.350 e. The Morgan fingerprint density at radius 2 is 1.65 bits per heavy atom. The molecule has 0 saturated carbocycles. The van der Waals surface area contributed by atoms with Crippen LogP contribution >= 0.6 is 0 Å². The van der Waals surface area contributed by atoms with Crippen LogP contribution in [0, 0.1) is 13.8 Å². The lowest BCUT2D eigenvalue weighted by molar-refractivity contribution is 0.0940. The Morgan fingerprint density at radius 3 is 2.42 bits per heavy atom. The second-order valence-corrected chi connectivity index (χ2v) is 8.27. The van der Waals surface area contributed by atoms with E-state index in [0.717, 1.165) is 35.0 Å². The molecule has 4 rings (SSSR count). The van der Waals surface area contributed by atoms with Crippen LogP contribution in [0.15, 0.2) is 78.9 Å². The van der Waals surface area contributed by atoms with Gasteiger partial charge in [0.25, 0.3) is 5.91 Å². The number of pyridine rings is 1. The molecule has 1 amide bonds. The summed E-state index contributed by atoms with van der Waals surface area (Å²) < 4.78 is 0. The van der Waals surface area contributed by atoms with Gasteiger partial charge in [0.1, 0.15) is 0 Å². The fourth-order valence-corrected chi connectivity index (χ4v) is 3.81. The lowest BCUT2D eigenvalue weighted by atomic mass is 10.00. The number of benzene rings is 3. The van der Waals surface area contributed by atoms with E-state index >= 15 is 0 Å². The third-order valence-electron chi connectivity index (χ3n) is 5.85. The summed E-state index contributed by atoms with van der Waals surface area (Å²) in [7, 11) is 0. The van der Waals surface area contributed by atoms with E-state index in [-0.39, 0.29) is 11.9 Å². The molecule has 1 N–H and O–H groups in total. The van der Waals surface area contributed by atoms with Crippen LogP contribution in [-0.2, 0) is 6.42 Å². The van der Waals surface area contributed by atoms with Crippen molar-refractivity contribution < 1.29 is 4.79 Å². The van der Waals surface area contributed by atoms with E-state index in [4.69, 9.17) is 4.98 Å². The van der Waals surface area contributed by atoms with Gasteiger partial charge in [-0.2, -0.15) is 0 Å². The van der Waals surface area contributed by atoms with Crippen LogP contribution in [-0.4, -0.2) is 16.9 Å². The Morgan fingerprint density at radius 1 is 0.903 bits per heavy atom. The Bertz CT molecular complexity index is 1210. The normalized spacial score (nSPS) is 12.0. The van der Waals surface area contributed by atoms with E-state index in [1.54, 1.807) is 0 Å². The molecular formula is C28H28N2O. The van der Waals surface area contributed by atoms with Gasteiger partial charge < -0.3 is 5.32 Å². The van der Waals surface area contributed by atoms with Gasteiger partial charge in [0, 0.05) is 17.0 Å². The molecule has 3 heteroatoms. The molecule has 0 aliphatic rings. The number of hydrogen-bond acceptors (Lipinski definition) is 2. The highest BCUT2D eigenvalue weighted by Gasteiger charge is 2.16. The Balaban J connectivity index is 1.60. The van der Waals surface area contributed by atoms with Crippen LogP contribution in [0.3, 0.4) is 0 Å². The van der Waals surface area contributed by atoms with Crippen molar-refractivity contribution in [1.29, 1.82) is 0 Å². The number of nitrogens with zero attached hydrogens (tertiary/aromatic N) is 1. The minimum Gasteiger partial charge on any atom is -0.350 e. The molecule has 1 aromatic heterocycles. The fourth-order valence-electron chi connectivity index (χ4n) is 3.81. The van der Waals surface area contributed by atoms with Crippen molar-refractivity contribution >= 4 is 16.8 Å². The van der Waals surface area contributed by atoms with Crippen LogP contribution in [0.5, 0.6) is 0 Å². The second kappa shape index (κ2) is 9.13. The molecule has 3 nitrogen and oxygen atoms in total. The van der Waals surface area contributed by atoms with Gasteiger partial charge in [0.15, 0.2) is 0 Å². The van der Waals surface area contributed by atoms with Crippen molar-refractivity contribution in [3.8, 4) is 11.3 Å². The molecule has 4 aromatic rings. The maximum atomic E-state index is 13.2. The lowest BCUT2D eigenvalue weighted by Gasteiger charge is -2.16. The molecule has 31 heavy (non-hydrogen) atoms. The molecule has 1 heterocycles. The molecular weight excluding hydrogens is 380 g/mol. The van der Waals surface area contributed by atoms with Crippen LogP contribution in [0.25, 0.3) is 22.2 Å². The SMILES string of the molecule is Cc1ccc(-c2cc(C(=O)N[C@H](C)CCc3ccccc3)c3ccccc3n2)cc1C. The van der Waals surface area contributed by atoms with Crippen molar-refractivity contribution in [3.63, 3.8) is 0 Å². The van der Waals surface area contributed by atoms with Crippen molar-refractivity contribution in [3.05, 3.63) is 101 Å². The molecule has 0 spiro atoms. The van der Waals surface area contributed by atoms with Gasteiger partial charge in [0.05, 0.1) is 16.8 Å². The average Bonchev–Trinajstić information content (AvgIpc) is 2.79. The predicted molar refractivity (Wildman–Crippen MR) is 128 cm³/mol. The number of carbonyl (C=O) groups excluding carboxylic acids is 1. The van der Waals surface area contributed by atoms with E-state index in [2.05, 4.69) is 68.6 Å². The summed E-state index contributed by atoms with van der Waals surface area (Å²) in [4.78, 5) is 18.1. The van der Waals surface area contributed by atoms with Crippen molar-refractivity contribution in [2.24, 2.45) is 0 Å². The molecule has 0 fully saturated rings. The highest BCUT2D eigenvalue weighted by atomic mass is 16.1. The fraction of sp³-hybridized carbons (Fsp3) is 0.214. The number of amides is 1. The minimum absolute atomic E-state index is 0.0516. The van der Waals surface area contributed by atoms with Crippen LogP contribution < -0.4 is 5.32 Å². The average molecular weight is 409 g/mol. The topological polar surface area (TPSA) is 42.0 Å². The zero-order valence-electron chi connectivity index (χ0n) is 18.4. The molecule has 3 aromatic carbocycles. The molecule has 0 aliphatic heterocycles. The highest BCUT2D eigenvalue weighted by molar-refractivity contribution is 6.07. The van der Waals surface area contributed by atoms with Crippen LogP contribution in [0.4, 0.5) is 0 Å². The van der Waals surface area contributed by atoms with Crippen LogP contribution in [0.1, 0.15) is 40.4 Å². The summed E-state index contributed by atoms with van der Waals surface area (Å²) in [5.74, 6) is -0.0516. The predicted octanol–water partition coefficient (Wildman–Crippen LogP) is 6.27. The third kappa shape index (κ3) is 4.83. The van der Waals surface area contributed by atoms with E-state index in [0.29, 0.717) is 5.56 Å². The van der Waals surface area contributed by atoms with E-state index < -0.39 is 0 Å². The first-order valence-electron chi connectivity index (χ1n) is 10.8. The smallest absolute Gasteiger partial charge is 0.252 e. The number of carbonyl (C=O) groups is 1. The highest BCUT2D eigenvalue weighted by Crippen LogP contribution is 2.26. The first kappa shape index (κ1) is 20.8. The summed E-state index contributed by atoms with van der Waals surface area (Å²) in [6.07, 6.45) is 1.83. The summed E-state index contributed by atoms with van der Waals surface area (Å²) in [6.45, 7) is 6.26. The van der Waals surface area contributed by atoms with Crippen LogP contribution in [0.2, 0.25) is 0 Å². The molecule has 0 saturated heterocycles. The minimum atomic E-state index is -0.0516. The van der Waals surface area contributed by atoms with Gasteiger partial charge in [-0.05, 0) is 68.5 Å². The van der Waals surface area contributed by atoms with Crippen molar-refractivity contribution in [2.45, 2.75) is 39.7 Å². The number of fused-ring (bicyclic) bond motifs is 1. The standard InChI is InChI=1S/C28H28N2O/c1-19-13-16-23(17-20(19)2)27-18-25(24-11-7-8-12-26(24)30-27)28(31)29-21(3)14-15-22-9-5-4-6-10-22/h4-13,16-18,21H,14-15H2,1-3H3,(H,29,31)/t21-/m1/s1. The number of rotatable bonds is 6. The molecule has 156 valence electrons. The Kier molecular flexibility index (Phi) is 6.13.